The Bertz CT molecular complexity index is 375. The van der Waals surface area contributed by atoms with Gasteiger partial charge in [0.25, 0.3) is 0 Å². The molecule has 1 aromatic heterocycles. The summed E-state index contributed by atoms with van der Waals surface area (Å²) in [5.41, 5.74) is 2.51. The zero-order valence-corrected chi connectivity index (χ0v) is 10.3. The van der Waals surface area contributed by atoms with Crippen LogP contribution in [0.1, 0.15) is 6.42 Å². The van der Waals surface area contributed by atoms with Crippen LogP contribution in [0.2, 0.25) is 0 Å². The van der Waals surface area contributed by atoms with E-state index in [2.05, 4.69) is 36.2 Å². The lowest BCUT2D eigenvalue weighted by Crippen LogP contribution is -2.23. The molecular formula is C9H14BrN5O. The van der Waals surface area contributed by atoms with Crippen LogP contribution in [0.25, 0.3) is 0 Å². The molecule has 1 unspecified atom stereocenters. The van der Waals surface area contributed by atoms with Gasteiger partial charge in [0.05, 0.1) is 0 Å². The van der Waals surface area contributed by atoms with Crippen molar-refractivity contribution in [2.75, 3.05) is 30.0 Å². The molecule has 7 heteroatoms. The monoisotopic (exact) mass is 287 g/mol. The number of hydrogen-bond acceptors (Lipinski definition) is 6. The normalized spacial score (nSPS) is 20.2. The molecule has 0 radical (unpaired) electrons. The lowest BCUT2D eigenvalue weighted by atomic mass is 10.1. The Labute approximate surface area is 102 Å². The lowest BCUT2D eigenvalue weighted by molar-refractivity contribution is 0.238. The summed E-state index contributed by atoms with van der Waals surface area (Å²) in [6.07, 6.45) is 2.46. The topological polar surface area (TPSA) is 87.3 Å². The number of aliphatic hydroxyl groups is 1. The summed E-state index contributed by atoms with van der Waals surface area (Å²) in [7, 11) is 0. The fourth-order valence-corrected chi connectivity index (χ4v) is 2.43. The van der Waals surface area contributed by atoms with Gasteiger partial charge in [0.15, 0.2) is 5.82 Å². The van der Waals surface area contributed by atoms with E-state index in [1.54, 1.807) is 0 Å². The molecule has 1 saturated heterocycles. The van der Waals surface area contributed by atoms with Crippen LogP contribution in [0.3, 0.4) is 0 Å². The second kappa shape index (κ2) is 4.94. The highest BCUT2D eigenvalue weighted by atomic mass is 79.9. The molecule has 2 rings (SSSR count). The number of rotatable bonds is 3. The molecule has 1 atom stereocenters. The van der Waals surface area contributed by atoms with E-state index < -0.39 is 0 Å². The molecule has 4 N–H and O–H groups in total. The van der Waals surface area contributed by atoms with Crippen LogP contribution in [0, 0.1) is 5.92 Å². The van der Waals surface area contributed by atoms with Gasteiger partial charge < -0.3 is 15.4 Å². The van der Waals surface area contributed by atoms with E-state index in [0.29, 0.717) is 11.7 Å². The summed E-state index contributed by atoms with van der Waals surface area (Å²) in [6.45, 7) is 1.93. The average Bonchev–Trinajstić information content (AvgIpc) is 2.78. The van der Waals surface area contributed by atoms with E-state index in [-0.39, 0.29) is 6.61 Å². The first-order chi connectivity index (χ1) is 7.76. The number of hydrogen-bond donors (Lipinski definition) is 3. The maximum absolute atomic E-state index is 9.10. The number of halogens is 1. The number of aromatic nitrogens is 2. The molecule has 1 aliphatic rings. The van der Waals surface area contributed by atoms with Gasteiger partial charge in [0, 0.05) is 25.6 Å². The molecule has 0 aromatic carbocycles. The van der Waals surface area contributed by atoms with Crippen molar-refractivity contribution in [2.45, 2.75) is 6.42 Å². The zero-order chi connectivity index (χ0) is 11.5. The van der Waals surface area contributed by atoms with Gasteiger partial charge in [-0.3, -0.25) is 0 Å². The highest BCUT2D eigenvalue weighted by Gasteiger charge is 2.25. The molecule has 6 nitrogen and oxygen atoms in total. The third-order valence-electron chi connectivity index (χ3n) is 2.75. The van der Waals surface area contributed by atoms with Crippen LogP contribution in [0.4, 0.5) is 11.6 Å². The predicted molar refractivity (Wildman–Crippen MR) is 64.9 cm³/mol. The van der Waals surface area contributed by atoms with Gasteiger partial charge in [-0.1, -0.05) is 0 Å². The molecule has 16 heavy (non-hydrogen) atoms. The highest BCUT2D eigenvalue weighted by Crippen LogP contribution is 2.31. The van der Waals surface area contributed by atoms with Gasteiger partial charge in [0.1, 0.15) is 16.6 Å². The van der Waals surface area contributed by atoms with Crippen LogP contribution in [-0.2, 0) is 0 Å². The first-order valence-electron chi connectivity index (χ1n) is 5.09. The Kier molecular flexibility index (Phi) is 3.57. The van der Waals surface area contributed by atoms with Crippen LogP contribution in [0.15, 0.2) is 10.8 Å². The molecule has 0 aliphatic carbocycles. The molecule has 2 heterocycles. The molecule has 1 aromatic rings. The van der Waals surface area contributed by atoms with Crippen LogP contribution >= 0.6 is 15.9 Å². The van der Waals surface area contributed by atoms with Crippen LogP contribution in [0.5, 0.6) is 0 Å². The Balaban J connectivity index is 2.21. The van der Waals surface area contributed by atoms with Crippen molar-refractivity contribution >= 4 is 27.6 Å². The molecule has 0 spiro atoms. The van der Waals surface area contributed by atoms with Gasteiger partial charge in [-0.2, -0.15) is 0 Å². The molecule has 0 saturated carbocycles. The summed E-state index contributed by atoms with van der Waals surface area (Å²) in [5.74, 6) is 7.06. The van der Waals surface area contributed by atoms with E-state index >= 15 is 0 Å². The Morgan fingerprint density at radius 2 is 2.44 bits per heavy atom. The molecule has 1 aliphatic heterocycles. The highest BCUT2D eigenvalue weighted by molar-refractivity contribution is 9.10. The van der Waals surface area contributed by atoms with Gasteiger partial charge in [-0.05, 0) is 22.4 Å². The predicted octanol–water partition coefficient (Wildman–Crippen LogP) is 0.343. The first kappa shape index (κ1) is 11.6. The molecule has 0 amide bonds. The third-order valence-corrected chi connectivity index (χ3v) is 3.48. The maximum atomic E-state index is 9.10. The molecule has 0 bridgehead atoms. The number of hydrazine groups is 1. The second-order valence-corrected chi connectivity index (χ2v) is 4.58. The van der Waals surface area contributed by atoms with Crippen molar-refractivity contribution in [3.63, 3.8) is 0 Å². The molecule has 1 fully saturated rings. The standard InChI is InChI=1S/C9H14BrN5O/c10-7-8(14-11)12-5-13-9(7)15-2-1-6(3-15)4-16/h5-6,16H,1-4,11H2,(H,12,13,14). The number of aliphatic hydroxyl groups excluding tert-OH is 1. The van der Waals surface area contributed by atoms with Crippen molar-refractivity contribution < 1.29 is 5.11 Å². The van der Waals surface area contributed by atoms with Gasteiger partial charge in [-0.15, -0.1) is 0 Å². The fourth-order valence-electron chi connectivity index (χ4n) is 1.86. The number of nitrogens with zero attached hydrogens (tertiary/aromatic N) is 3. The first-order valence-corrected chi connectivity index (χ1v) is 5.88. The summed E-state index contributed by atoms with van der Waals surface area (Å²) < 4.78 is 0.760. The quantitative estimate of drug-likeness (QED) is 0.549. The van der Waals surface area contributed by atoms with E-state index in [1.165, 1.54) is 6.33 Å². The smallest absolute Gasteiger partial charge is 0.159 e. The van der Waals surface area contributed by atoms with Crippen molar-refractivity contribution in [1.82, 2.24) is 9.97 Å². The summed E-state index contributed by atoms with van der Waals surface area (Å²) in [5, 5.41) is 9.10. The number of anilines is 2. The summed E-state index contributed by atoms with van der Waals surface area (Å²) in [4.78, 5) is 10.3. The lowest BCUT2D eigenvalue weighted by Gasteiger charge is -2.19. The zero-order valence-electron chi connectivity index (χ0n) is 8.73. The average molecular weight is 288 g/mol. The SMILES string of the molecule is NNc1ncnc(N2CCC(CO)C2)c1Br. The third kappa shape index (κ3) is 2.11. The number of nitrogen functional groups attached to an aromatic ring is 1. The van der Waals surface area contributed by atoms with Crippen LogP contribution in [-0.4, -0.2) is 34.8 Å². The Morgan fingerprint density at radius 1 is 1.62 bits per heavy atom. The molecule has 88 valence electrons. The largest absolute Gasteiger partial charge is 0.396 e. The van der Waals surface area contributed by atoms with Crippen molar-refractivity contribution in [1.29, 1.82) is 0 Å². The van der Waals surface area contributed by atoms with Gasteiger partial charge >= 0.3 is 0 Å². The van der Waals surface area contributed by atoms with Crippen molar-refractivity contribution in [3.8, 4) is 0 Å². The fraction of sp³-hybridized carbons (Fsp3) is 0.556. The minimum absolute atomic E-state index is 0.223. The summed E-state index contributed by atoms with van der Waals surface area (Å²) in [6, 6.07) is 0. The van der Waals surface area contributed by atoms with Gasteiger partial charge in [0.2, 0.25) is 0 Å². The number of nitrogens with one attached hydrogen (secondary N) is 1. The minimum atomic E-state index is 0.223. The Hall–Kier alpha value is -0.920. The minimum Gasteiger partial charge on any atom is -0.396 e. The second-order valence-electron chi connectivity index (χ2n) is 3.79. The van der Waals surface area contributed by atoms with Crippen LogP contribution < -0.4 is 16.2 Å². The van der Waals surface area contributed by atoms with E-state index in [0.717, 1.165) is 29.8 Å². The Morgan fingerprint density at radius 3 is 3.06 bits per heavy atom. The van der Waals surface area contributed by atoms with E-state index in [9.17, 15) is 0 Å². The van der Waals surface area contributed by atoms with E-state index in [4.69, 9.17) is 10.9 Å². The molecular weight excluding hydrogens is 274 g/mol. The van der Waals surface area contributed by atoms with Crippen molar-refractivity contribution in [2.24, 2.45) is 11.8 Å². The van der Waals surface area contributed by atoms with Crippen molar-refractivity contribution in [3.05, 3.63) is 10.8 Å². The summed E-state index contributed by atoms with van der Waals surface area (Å²) >= 11 is 3.42. The van der Waals surface area contributed by atoms with E-state index in [1.807, 2.05) is 0 Å². The number of nitrogens with two attached hydrogens (primary N) is 1. The maximum Gasteiger partial charge on any atom is 0.159 e. The van der Waals surface area contributed by atoms with Gasteiger partial charge in [-0.25, -0.2) is 15.8 Å².